The average molecular weight is 322 g/mol. The van der Waals surface area contributed by atoms with Gasteiger partial charge in [-0.15, -0.1) is 0 Å². The van der Waals surface area contributed by atoms with Gasteiger partial charge in [-0.2, -0.15) is 0 Å². The molecule has 0 radical (unpaired) electrons. The van der Waals surface area contributed by atoms with Gasteiger partial charge in [0.15, 0.2) is 0 Å². The highest BCUT2D eigenvalue weighted by molar-refractivity contribution is 6.07. The smallest absolute Gasteiger partial charge is 0.319 e. The lowest BCUT2D eigenvalue weighted by atomic mass is 9.91. The summed E-state index contributed by atoms with van der Waals surface area (Å²) in [6.45, 7) is 4.20. The molecule has 2 aromatic carbocycles. The van der Waals surface area contributed by atoms with E-state index in [0.717, 1.165) is 24.0 Å². The summed E-state index contributed by atoms with van der Waals surface area (Å²) in [7, 11) is 0. The molecule has 3 rings (SSSR count). The maximum Gasteiger partial charge on any atom is 0.325 e. The summed E-state index contributed by atoms with van der Waals surface area (Å²) in [5.74, 6) is -0.176. The van der Waals surface area contributed by atoms with E-state index >= 15 is 0 Å². The molecule has 0 unspecified atom stereocenters. The molecule has 1 aliphatic rings. The number of amides is 3. The van der Waals surface area contributed by atoms with Crippen LogP contribution in [0.1, 0.15) is 30.0 Å². The number of carbonyl (C=O) groups is 2. The molecule has 1 aliphatic heterocycles. The largest absolute Gasteiger partial charge is 0.325 e. The van der Waals surface area contributed by atoms with Crippen molar-refractivity contribution < 1.29 is 9.59 Å². The van der Waals surface area contributed by atoms with E-state index in [9.17, 15) is 9.59 Å². The van der Waals surface area contributed by atoms with Crippen LogP contribution in [0.15, 0.2) is 54.6 Å². The molecular weight excluding hydrogens is 300 g/mol. The molecule has 124 valence electrons. The van der Waals surface area contributed by atoms with Crippen LogP contribution in [-0.2, 0) is 16.8 Å². The number of nitrogens with one attached hydrogen (secondary N) is 1. The number of hydrogen-bond acceptors (Lipinski definition) is 2. The fourth-order valence-corrected chi connectivity index (χ4v) is 3.07. The molecule has 1 atom stereocenters. The zero-order valence-electron chi connectivity index (χ0n) is 14.1. The Morgan fingerprint density at radius 1 is 1.00 bits per heavy atom. The predicted molar refractivity (Wildman–Crippen MR) is 93.5 cm³/mol. The van der Waals surface area contributed by atoms with Gasteiger partial charge in [0.2, 0.25) is 0 Å². The molecule has 24 heavy (non-hydrogen) atoms. The highest BCUT2D eigenvalue weighted by Crippen LogP contribution is 2.29. The summed E-state index contributed by atoms with van der Waals surface area (Å²) in [6, 6.07) is 17.5. The van der Waals surface area contributed by atoms with Crippen molar-refractivity contribution >= 4 is 11.9 Å². The van der Waals surface area contributed by atoms with Gasteiger partial charge in [0, 0.05) is 6.54 Å². The molecule has 1 heterocycles. The Hall–Kier alpha value is -2.62. The Morgan fingerprint density at radius 2 is 1.67 bits per heavy atom. The van der Waals surface area contributed by atoms with E-state index < -0.39 is 5.54 Å². The predicted octanol–water partition coefficient (Wildman–Crippen LogP) is 3.39. The van der Waals surface area contributed by atoms with Crippen molar-refractivity contribution in [2.45, 2.75) is 32.2 Å². The van der Waals surface area contributed by atoms with Crippen LogP contribution in [0.25, 0.3) is 0 Å². The second-order valence-corrected chi connectivity index (χ2v) is 6.47. The van der Waals surface area contributed by atoms with Crippen molar-refractivity contribution in [3.63, 3.8) is 0 Å². The van der Waals surface area contributed by atoms with Crippen molar-refractivity contribution in [1.29, 1.82) is 0 Å². The third-order valence-corrected chi connectivity index (χ3v) is 4.59. The molecule has 0 saturated carbocycles. The van der Waals surface area contributed by atoms with E-state index in [2.05, 4.69) is 17.4 Å². The first-order valence-electron chi connectivity index (χ1n) is 8.26. The molecule has 2 aromatic rings. The van der Waals surface area contributed by atoms with Gasteiger partial charge in [0.1, 0.15) is 5.54 Å². The molecular formula is C20H22N2O2. The number of urea groups is 1. The Kier molecular flexibility index (Phi) is 4.38. The summed E-state index contributed by atoms with van der Waals surface area (Å²) in [5.41, 5.74) is 2.18. The standard InChI is InChI=1S/C20H22N2O2/c1-15-10-12-17(13-11-15)20(2)18(23)22(19(24)21-20)14-6-9-16-7-4-3-5-8-16/h3-5,7-8,10-13H,6,9,14H2,1-2H3,(H,21,24)/t20-/m1/s1. The van der Waals surface area contributed by atoms with E-state index in [1.165, 1.54) is 10.5 Å². The average Bonchev–Trinajstić information content (AvgIpc) is 2.80. The lowest BCUT2D eigenvalue weighted by Gasteiger charge is -2.22. The molecule has 0 spiro atoms. The zero-order valence-corrected chi connectivity index (χ0v) is 14.1. The zero-order chi connectivity index (χ0) is 17.2. The van der Waals surface area contributed by atoms with E-state index in [0.29, 0.717) is 6.54 Å². The first-order chi connectivity index (χ1) is 11.5. The molecule has 1 N–H and O–H groups in total. The number of nitrogens with zero attached hydrogens (tertiary/aromatic N) is 1. The van der Waals surface area contributed by atoms with Crippen LogP contribution in [0.3, 0.4) is 0 Å². The molecule has 3 amide bonds. The van der Waals surface area contributed by atoms with Gasteiger partial charge in [-0.25, -0.2) is 4.79 Å². The molecule has 0 aromatic heterocycles. The van der Waals surface area contributed by atoms with Gasteiger partial charge in [0.05, 0.1) is 0 Å². The number of aryl methyl sites for hydroxylation is 2. The number of imide groups is 1. The number of hydrogen-bond donors (Lipinski definition) is 1. The van der Waals surface area contributed by atoms with Crippen LogP contribution in [0.4, 0.5) is 4.79 Å². The SMILES string of the molecule is Cc1ccc([C@@]2(C)NC(=O)N(CCCc3ccccc3)C2=O)cc1. The summed E-state index contributed by atoms with van der Waals surface area (Å²) >= 11 is 0. The van der Waals surface area contributed by atoms with Crippen LogP contribution in [0.2, 0.25) is 0 Å². The quantitative estimate of drug-likeness (QED) is 0.858. The Morgan fingerprint density at radius 3 is 2.33 bits per heavy atom. The van der Waals surface area contributed by atoms with Crippen molar-refractivity contribution in [2.75, 3.05) is 6.54 Å². The second kappa shape index (κ2) is 6.48. The van der Waals surface area contributed by atoms with Crippen LogP contribution >= 0.6 is 0 Å². The fourth-order valence-electron chi connectivity index (χ4n) is 3.07. The summed E-state index contributed by atoms with van der Waals surface area (Å²) < 4.78 is 0. The maximum atomic E-state index is 12.8. The number of rotatable bonds is 5. The van der Waals surface area contributed by atoms with E-state index in [1.54, 1.807) is 6.92 Å². The minimum atomic E-state index is -0.975. The fraction of sp³-hybridized carbons (Fsp3) is 0.300. The molecule has 0 bridgehead atoms. The van der Waals surface area contributed by atoms with Crippen molar-refractivity contribution in [1.82, 2.24) is 10.2 Å². The van der Waals surface area contributed by atoms with Gasteiger partial charge in [-0.05, 0) is 37.8 Å². The Bertz CT molecular complexity index is 740. The third-order valence-electron chi connectivity index (χ3n) is 4.59. The van der Waals surface area contributed by atoms with Crippen LogP contribution < -0.4 is 5.32 Å². The van der Waals surface area contributed by atoms with E-state index in [1.807, 2.05) is 49.4 Å². The molecule has 1 fully saturated rings. The third kappa shape index (κ3) is 3.04. The van der Waals surface area contributed by atoms with Crippen LogP contribution in [0.5, 0.6) is 0 Å². The normalized spacial score (nSPS) is 20.3. The lowest BCUT2D eigenvalue weighted by molar-refractivity contribution is -0.131. The van der Waals surface area contributed by atoms with Crippen molar-refractivity contribution in [3.05, 3.63) is 71.3 Å². The Labute approximate surface area is 142 Å². The van der Waals surface area contributed by atoms with E-state index in [-0.39, 0.29) is 11.9 Å². The topological polar surface area (TPSA) is 49.4 Å². The minimum absolute atomic E-state index is 0.176. The first-order valence-corrected chi connectivity index (χ1v) is 8.26. The van der Waals surface area contributed by atoms with Gasteiger partial charge >= 0.3 is 6.03 Å². The van der Waals surface area contributed by atoms with Gasteiger partial charge in [0.25, 0.3) is 5.91 Å². The monoisotopic (exact) mass is 322 g/mol. The van der Waals surface area contributed by atoms with E-state index in [4.69, 9.17) is 0 Å². The Balaban J connectivity index is 1.68. The van der Waals surface area contributed by atoms with Crippen molar-refractivity contribution in [3.8, 4) is 0 Å². The highest BCUT2D eigenvalue weighted by Gasteiger charge is 2.48. The van der Waals surface area contributed by atoms with Crippen LogP contribution in [-0.4, -0.2) is 23.4 Å². The molecule has 0 aliphatic carbocycles. The summed E-state index contributed by atoms with van der Waals surface area (Å²) in [6.07, 6.45) is 1.60. The lowest BCUT2D eigenvalue weighted by Crippen LogP contribution is -2.41. The molecule has 1 saturated heterocycles. The molecule has 4 heteroatoms. The molecule has 4 nitrogen and oxygen atoms in total. The summed E-state index contributed by atoms with van der Waals surface area (Å²) in [5, 5.41) is 2.85. The first kappa shape index (κ1) is 16.2. The van der Waals surface area contributed by atoms with Crippen LogP contribution in [0, 0.1) is 6.92 Å². The number of carbonyl (C=O) groups excluding carboxylic acids is 2. The van der Waals surface area contributed by atoms with Gasteiger partial charge in [-0.3, -0.25) is 9.69 Å². The van der Waals surface area contributed by atoms with Crippen molar-refractivity contribution in [2.24, 2.45) is 0 Å². The minimum Gasteiger partial charge on any atom is -0.319 e. The van der Waals surface area contributed by atoms with Gasteiger partial charge in [-0.1, -0.05) is 60.2 Å². The second-order valence-electron chi connectivity index (χ2n) is 6.47. The maximum absolute atomic E-state index is 12.8. The number of benzene rings is 2. The highest BCUT2D eigenvalue weighted by atomic mass is 16.2. The van der Waals surface area contributed by atoms with Gasteiger partial charge < -0.3 is 5.32 Å². The summed E-state index contributed by atoms with van der Waals surface area (Å²) in [4.78, 5) is 26.4.